The Balaban J connectivity index is 1.83. The van der Waals surface area contributed by atoms with E-state index in [0.29, 0.717) is 17.7 Å². The highest BCUT2D eigenvalue weighted by Gasteiger charge is 2.22. The van der Waals surface area contributed by atoms with Crippen molar-refractivity contribution in [2.24, 2.45) is 0 Å². The minimum atomic E-state index is -0.768. The van der Waals surface area contributed by atoms with Crippen LogP contribution < -0.4 is 16.2 Å². The minimum Gasteiger partial charge on any atom is -0.326 e. The van der Waals surface area contributed by atoms with Crippen molar-refractivity contribution in [3.05, 3.63) is 63.9 Å². The molecule has 2 aromatic carbocycles. The van der Waals surface area contributed by atoms with E-state index in [1.54, 1.807) is 25.1 Å². The highest BCUT2D eigenvalue weighted by atomic mass is 32.2. The third-order valence-electron chi connectivity index (χ3n) is 4.52. The van der Waals surface area contributed by atoms with Gasteiger partial charge < -0.3 is 10.6 Å². The van der Waals surface area contributed by atoms with Crippen LogP contribution in [-0.2, 0) is 9.59 Å². The molecule has 0 saturated carbocycles. The van der Waals surface area contributed by atoms with Crippen molar-refractivity contribution in [2.75, 3.05) is 10.6 Å². The van der Waals surface area contributed by atoms with E-state index in [0.717, 1.165) is 35.5 Å². The molecule has 0 aliphatic heterocycles. The number of thioether (sulfide) groups is 1. The van der Waals surface area contributed by atoms with E-state index in [1.165, 1.54) is 6.92 Å². The van der Waals surface area contributed by atoms with Crippen molar-refractivity contribution in [1.82, 2.24) is 15.2 Å². The Labute approximate surface area is 192 Å². The fraction of sp³-hybridized carbons (Fsp3) is 0.227. The smallest absolute Gasteiger partial charge is 0.278 e. The second kappa shape index (κ2) is 10.3. The lowest BCUT2D eigenvalue weighted by atomic mass is 10.1. The number of hydrogen-bond acceptors (Lipinski definition) is 6. The quantitative estimate of drug-likeness (QED) is 0.449. The SMILES string of the molecule is CCC(Sc1nnc(-c2cc(C)ccc2NC(C)=O)c(=O)[nH]1)C(=O)Nc1cc(F)ccc1F. The zero-order valence-corrected chi connectivity index (χ0v) is 18.8. The van der Waals surface area contributed by atoms with Gasteiger partial charge in [0.05, 0.1) is 16.6 Å². The van der Waals surface area contributed by atoms with Crippen LogP contribution in [0.2, 0.25) is 0 Å². The molecular formula is C22H21F2N5O3S. The van der Waals surface area contributed by atoms with Gasteiger partial charge in [0.25, 0.3) is 5.56 Å². The molecule has 0 aliphatic carbocycles. The van der Waals surface area contributed by atoms with E-state index >= 15 is 0 Å². The first-order valence-corrected chi connectivity index (χ1v) is 10.8. The number of nitrogens with zero attached hydrogens (tertiary/aromatic N) is 2. The molecule has 1 aromatic heterocycles. The second-order valence-corrected chi connectivity index (χ2v) is 8.36. The van der Waals surface area contributed by atoms with Gasteiger partial charge in [-0.25, -0.2) is 8.78 Å². The van der Waals surface area contributed by atoms with Crippen LogP contribution in [-0.4, -0.2) is 32.2 Å². The van der Waals surface area contributed by atoms with E-state index in [2.05, 4.69) is 25.8 Å². The van der Waals surface area contributed by atoms with E-state index < -0.39 is 28.4 Å². The Kier molecular flexibility index (Phi) is 7.54. The minimum absolute atomic E-state index is 0.00568. The van der Waals surface area contributed by atoms with Crippen LogP contribution in [0, 0.1) is 18.6 Å². The van der Waals surface area contributed by atoms with Crippen molar-refractivity contribution < 1.29 is 18.4 Å². The highest BCUT2D eigenvalue weighted by Crippen LogP contribution is 2.27. The fourth-order valence-electron chi connectivity index (χ4n) is 2.97. The number of carbonyl (C=O) groups is 2. The monoisotopic (exact) mass is 473 g/mol. The van der Waals surface area contributed by atoms with Crippen LogP contribution >= 0.6 is 11.8 Å². The van der Waals surface area contributed by atoms with Crippen molar-refractivity contribution in [2.45, 2.75) is 37.6 Å². The summed E-state index contributed by atoms with van der Waals surface area (Å²) in [5.74, 6) is -2.34. The lowest BCUT2D eigenvalue weighted by Crippen LogP contribution is -2.26. The van der Waals surface area contributed by atoms with Gasteiger partial charge in [0, 0.05) is 18.6 Å². The number of rotatable bonds is 7. The van der Waals surface area contributed by atoms with Crippen molar-refractivity contribution in [3.63, 3.8) is 0 Å². The summed E-state index contributed by atoms with van der Waals surface area (Å²) in [5, 5.41) is 12.3. The van der Waals surface area contributed by atoms with E-state index in [9.17, 15) is 23.2 Å². The maximum Gasteiger partial charge on any atom is 0.278 e. The fourth-order valence-corrected chi connectivity index (χ4v) is 3.81. The number of anilines is 2. The molecule has 3 aromatic rings. The lowest BCUT2D eigenvalue weighted by Gasteiger charge is -2.14. The Bertz CT molecular complexity index is 1270. The molecule has 1 heterocycles. The van der Waals surface area contributed by atoms with E-state index in [-0.39, 0.29) is 22.4 Å². The van der Waals surface area contributed by atoms with Crippen molar-refractivity contribution in [1.29, 1.82) is 0 Å². The number of carbonyl (C=O) groups excluding carboxylic acids is 2. The lowest BCUT2D eigenvalue weighted by molar-refractivity contribution is -0.116. The van der Waals surface area contributed by atoms with E-state index in [4.69, 9.17) is 0 Å². The van der Waals surface area contributed by atoms with Gasteiger partial charge in [-0.05, 0) is 37.6 Å². The highest BCUT2D eigenvalue weighted by molar-refractivity contribution is 8.00. The average molecular weight is 474 g/mol. The predicted octanol–water partition coefficient (Wildman–Crippen LogP) is 3.89. The molecule has 0 bridgehead atoms. The summed E-state index contributed by atoms with van der Waals surface area (Å²) < 4.78 is 27.2. The zero-order chi connectivity index (χ0) is 24.1. The normalized spacial score (nSPS) is 11.7. The molecule has 0 fully saturated rings. The van der Waals surface area contributed by atoms with Gasteiger partial charge in [-0.1, -0.05) is 30.3 Å². The molecule has 3 rings (SSSR count). The summed E-state index contributed by atoms with van der Waals surface area (Å²) in [6, 6.07) is 7.90. The number of aryl methyl sites for hydroxylation is 1. The molecule has 8 nitrogen and oxygen atoms in total. The Morgan fingerprint density at radius 2 is 1.85 bits per heavy atom. The first kappa shape index (κ1) is 24.1. The first-order valence-electron chi connectivity index (χ1n) is 9.96. The van der Waals surface area contributed by atoms with Crippen LogP contribution in [0.15, 0.2) is 46.3 Å². The molecule has 11 heteroatoms. The molecule has 3 N–H and O–H groups in total. The topological polar surface area (TPSA) is 117 Å². The molecule has 1 atom stereocenters. The first-order chi connectivity index (χ1) is 15.7. The van der Waals surface area contributed by atoms with Gasteiger partial charge in [-0.15, -0.1) is 10.2 Å². The van der Waals surface area contributed by atoms with Gasteiger partial charge >= 0.3 is 0 Å². The Morgan fingerprint density at radius 3 is 2.52 bits per heavy atom. The summed E-state index contributed by atoms with van der Waals surface area (Å²) in [5.41, 5.74) is 0.838. The molecule has 2 amide bonds. The van der Waals surface area contributed by atoms with Crippen LogP contribution in [0.1, 0.15) is 25.8 Å². The summed E-state index contributed by atoms with van der Waals surface area (Å²) in [7, 11) is 0. The van der Waals surface area contributed by atoms with Crippen molar-refractivity contribution >= 4 is 35.0 Å². The number of nitrogens with one attached hydrogen (secondary N) is 3. The van der Waals surface area contributed by atoms with Gasteiger partial charge in [0.2, 0.25) is 11.8 Å². The number of benzene rings is 2. The number of aromatic amines is 1. The molecule has 0 saturated heterocycles. The Hall–Kier alpha value is -3.60. The number of halogens is 2. The van der Waals surface area contributed by atoms with E-state index in [1.807, 2.05) is 6.92 Å². The van der Waals surface area contributed by atoms with Crippen LogP contribution in [0.4, 0.5) is 20.2 Å². The Morgan fingerprint density at radius 1 is 1.09 bits per heavy atom. The summed E-state index contributed by atoms with van der Waals surface area (Å²) >= 11 is 0.935. The zero-order valence-electron chi connectivity index (χ0n) is 18.0. The molecule has 0 radical (unpaired) electrons. The second-order valence-electron chi connectivity index (χ2n) is 7.17. The maximum atomic E-state index is 13.8. The van der Waals surface area contributed by atoms with Crippen LogP contribution in [0.25, 0.3) is 11.3 Å². The molecule has 1 unspecified atom stereocenters. The third kappa shape index (κ3) is 6.01. The molecule has 172 valence electrons. The van der Waals surface area contributed by atoms with Gasteiger partial charge in [0.1, 0.15) is 11.6 Å². The number of hydrogen-bond donors (Lipinski definition) is 3. The summed E-state index contributed by atoms with van der Waals surface area (Å²) in [4.78, 5) is 39.4. The molecule has 33 heavy (non-hydrogen) atoms. The average Bonchev–Trinajstić information content (AvgIpc) is 2.75. The van der Waals surface area contributed by atoms with Gasteiger partial charge in [0.15, 0.2) is 10.9 Å². The summed E-state index contributed by atoms with van der Waals surface area (Å²) in [6.45, 7) is 4.91. The molecule has 0 aliphatic rings. The van der Waals surface area contributed by atoms with Gasteiger partial charge in [-0.2, -0.15) is 0 Å². The van der Waals surface area contributed by atoms with Crippen molar-refractivity contribution in [3.8, 4) is 11.3 Å². The number of amides is 2. The third-order valence-corrected chi connectivity index (χ3v) is 5.76. The maximum absolute atomic E-state index is 13.8. The predicted molar refractivity (Wildman–Crippen MR) is 122 cm³/mol. The molecular weight excluding hydrogens is 452 g/mol. The van der Waals surface area contributed by atoms with Crippen LogP contribution in [0.5, 0.6) is 0 Å². The van der Waals surface area contributed by atoms with Gasteiger partial charge in [-0.3, -0.25) is 19.4 Å². The summed E-state index contributed by atoms with van der Waals surface area (Å²) in [6.07, 6.45) is 0.323. The molecule has 0 spiro atoms. The largest absolute Gasteiger partial charge is 0.326 e. The number of aromatic nitrogens is 3. The van der Waals surface area contributed by atoms with Crippen LogP contribution in [0.3, 0.4) is 0 Å². The number of H-pyrrole nitrogens is 1. The standard InChI is InChI=1S/C22H21F2N5O3S/c1-4-18(20(31)26-17-10-13(23)6-7-15(17)24)33-22-27-21(32)19(28-29-22)14-9-11(2)5-8-16(14)25-12(3)30/h5-10,18H,4H2,1-3H3,(H,25,30)(H,26,31)(H,27,29,32).